The quantitative estimate of drug-likeness (QED) is 0.338. The molecule has 0 radical (unpaired) electrons. The Labute approximate surface area is 211 Å². The van der Waals surface area contributed by atoms with E-state index in [9.17, 15) is 32.9 Å². The minimum atomic E-state index is -3.95. The monoisotopic (exact) mass is 531 g/mol. The second-order valence-electron chi connectivity index (χ2n) is 8.53. The first-order chi connectivity index (χ1) is 17.5. The number of piperazine rings is 1. The number of nitrogens with zero attached hydrogens (tertiary/aromatic N) is 6. The summed E-state index contributed by atoms with van der Waals surface area (Å²) in [5, 5.41) is 13.6. The van der Waals surface area contributed by atoms with Crippen molar-refractivity contribution in [2.75, 3.05) is 31.5 Å². The highest BCUT2D eigenvalue weighted by molar-refractivity contribution is 7.89. The summed E-state index contributed by atoms with van der Waals surface area (Å²) in [5.74, 6) is -0.462. The van der Waals surface area contributed by atoms with Gasteiger partial charge in [-0.25, -0.2) is 18.2 Å². The normalized spacial score (nSPS) is 14.6. The van der Waals surface area contributed by atoms with Gasteiger partial charge in [-0.05, 0) is 18.2 Å². The molecule has 1 aliphatic heterocycles. The molecule has 1 saturated heterocycles. The maximum Gasteiger partial charge on any atom is 0.329 e. The third-order valence-electron chi connectivity index (χ3n) is 6.20. The van der Waals surface area contributed by atoms with Gasteiger partial charge >= 0.3 is 5.69 Å². The van der Waals surface area contributed by atoms with Crippen LogP contribution in [0, 0.1) is 10.1 Å². The number of non-ortho nitro benzene ring substituents is 1. The number of nitro groups is 1. The number of hydrogen-bond donors (Lipinski definition) is 1. The zero-order valence-electron chi connectivity index (χ0n) is 20.2. The molecule has 3 heterocycles. The van der Waals surface area contributed by atoms with E-state index in [0.29, 0.717) is 11.2 Å². The number of sulfonamides is 1. The van der Waals surface area contributed by atoms with E-state index in [1.165, 1.54) is 36.5 Å². The molecule has 0 bridgehead atoms. The SMILES string of the molecule is Cn1c(=O)n(C)c2nc(NC(=O)CCC(=O)N3CCN(S(=O)(=O)c4cccc([N+](=O)[O-])c4)CC3)ccc21. The van der Waals surface area contributed by atoms with E-state index in [2.05, 4.69) is 10.3 Å². The number of imidazole rings is 1. The highest BCUT2D eigenvalue weighted by atomic mass is 32.2. The van der Waals surface area contributed by atoms with Crippen molar-refractivity contribution in [2.24, 2.45) is 14.1 Å². The molecule has 0 atom stereocenters. The summed E-state index contributed by atoms with van der Waals surface area (Å²) in [6, 6.07) is 8.07. The lowest BCUT2D eigenvalue weighted by Gasteiger charge is -2.34. The lowest BCUT2D eigenvalue weighted by molar-refractivity contribution is -0.385. The Bertz CT molecular complexity index is 1550. The molecule has 1 aliphatic rings. The standard InChI is InChI=1S/C22H25N7O7S/c1-25-17-6-7-18(24-21(17)26(2)22(25)32)23-19(30)8-9-20(31)27-10-12-28(13-11-27)37(35,36)16-5-3-4-15(14-16)29(33)34/h3-7,14H,8-13H2,1-2H3,(H,23,24,30). The number of carbonyl (C=O) groups is 2. The Balaban J connectivity index is 1.30. The fourth-order valence-corrected chi connectivity index (χ4v) is 5.57. The number of aryl methyl sites for hydroxylation is 2. The maximum atomic E-state index is 12.9. The molecule has 4 rings (SSSR count). The van der Waals surface area contributed by atoms with Crippen LogP contribution in [0.3, 0.4) is 0 Å². The van der Waals surface area contributed by atoms with Crippen LogP contribution in [-0.2, 0) is 33.7 Å². The minimum absolute atomic E-state index is 0.0304. The fourth-order valence-electron chi connectivity index (χ4n) is 4.11. The summed E-state index contributed by atoms with van der Waals surface area (Å²) in [4.78, 5) is 52.9. The summed E-state index contributed by atoms with van der Waals surface area (Å²) in [6.45, 7) is 0.328. The third-order valence-corrected chi connectivity index (χ3v) is 8.09. The van der Waals surface area contributed by atoms with Gasteiger partial charge in [-0.3, -0.25) is 28.8 Å². The molecule has 0 unspecified atom stereocenters. The first-order valence-electron chi connectivity index (χ1n) is 11.3. The number of hydrogen-bond acceptors (Lipinski definition) is 8. The van der Waals surface area contributed by atoms with E-state index >= 15 is 0 Å². The fraction of sp³-hybridized carbons (Fsp3) is 0.364. The van der Waals surface area contributed by atoms with Crippen LogP contribution in [-0.4, -0.2) is 74.7 Å². The molecule has 2 amide bonds. The number of anilines is 1. The highest BCUT2D eigenvalue weighted by Gasteiger charge is 2.31. The Hall–Kier alpha value is -4.11. The molecular formula is C22H25N7O7S. The average Bonchev–Trinajstić information content (AvgIpc) is 3.10. The summed E-state index contributed by atoms with van der Waals surface area (Å²) in [5.41, 5.74) is 0.470. The van der Waals surface area contributed by atoms with Crippen molar-refractivity contribution in [1.29, 1.82) is 0 Å². The van der Waals surface area contributed by atoms with E-state index in [1.54, 1.807) is 26.2 Å². The Morgan fingerprint density at radius 2 is 1.76 bits per heavy atom. The van der Waals surface area contributed by atoms with Crippen LogP contribution in [0.4, 0.5) is 11.5 Å². The topological polar surface area (TPSA) is 170 Å². The first kappa shape index (κ1) is 26.0. The van der Waals surface area contributed by atoms with Crippen molar-refractivity contribution >= 4 is 44.5 Å². The van der Waals surface area contributed by atoms with Gasteiger partial charge in [-0.1, -0.05) is 6.07 Å². The number of aromatic nitrogens is 3. The Morgan fingerprint density at radius 3 is 2.43 bits per heavy atom. The van der Waals surface area contributed by atoms with Gasteiger partial charge in [0.15, 0.2) is 5.65 Å². The van der Waals surface area contributed by atoms with Crippen molar-refractivity contribution < 1.29 is 22.9 Å². The van der Waals surface area contributed by atoms with Crippen LogP contribution in [0.2, 0.25) is 0 Å². The van der Waals surface area contributed by atoms with Gasteiger partial charge in [-0.2, -0.15) is 4.31 Å². The number of carbonyl (C=O) groups excluding carboxylic acids is 2. The molecule has 1 aromatic carbocycles. The molecule has 37 heavy (non-hydrogen) atoms. The van der Waals surface area contributed by atoms with Crippen LogP contribution in [0.1, 0.15) is 12.8 Å². The maximum absolute atomic E-state index is 12.9. The van der Waals surface area contributed by atoms with Gasteiger partial charge in [0, 0.05) is 65.2 Å². The van der Waals surface area contributed by atoms with Gasteiger partial charge in [0.2, 0.25) is 21.8 Å². The van der Waals surface area contributed by atoms with Crippen molar-refractivity contribution in [3.05, 3.63) is 57.0 Å². The molecule has 0 saturated carbocycles. The largest absolute Gasteiger partial charge is 0.340 e. The van der Waals surface area contributed by atoms with Gasteiger partial charge in [0.25, 0.3) is 5.69 Å². The number of benzene rings is 1. The van der Waals surface area contributed by atoms with E-state index in [-0.39, 0.29) is 67.0 Å². The second kappa shape index (κ2) is 10.1. The van der Waals surface area contributed by atoms with Gasteiger partial charge in [-0.15, -0.1) is 0 Å². The molecule has 196 valence electrons. The highest BCUT2D eigenvalue weighted by Crippen LogP contribution is 2.22. The van der Waals surface area contributed by atoms with Crippen LogP contribution in [0.25, 0.3) is 11.2 Å². The first-order valence-corrected chi connectivity index (χ1v) is 12.8. The van der Waals surface area contributed by atoms with Crippen LogP contribution < -0.4 is 11.0 Å². The van der Waals surface area contributed by atoms with Crippen molar-refractivity contribution in [1.82, 2.24) is 23.3 Å². The number of nitro benzene ring substituents is 1. The smallest absolute Gasteiger partial charge is 0.329 e. The van der Waals surface area contributed by atoms with Crippen LogP contribution >= 0.6 is 0 Å². The predicted octanol–water partition coefficient (Wildman–Crippen LogP) is 0.432. The predicted molar refractivity (Wildman–Crippen MR) is 132 cm³/mol. The van der Waals surface area contributed by atoms with Crippen LogP contribution in [0.5, 0.6) is 0 Å². The Morgan fingerprint density at radius 1 is 1.05 bits per heavy atom. The van der Waals surface area contributed by atoms with Crippen molar-refractivity contribution in [2.45, 2.75) is 17.7 Å². The molecule has 15 heteroatoms. The number of fused-ring (bicyclic) bond motifs is 1. The molecular weight excluding hydrogens is 506 g/mol. The van der Waals surface area contributed by atoms with Crippen molar-refractivity contribution in [3.8, 4) is 0 Å². The van der Waals surface area contributed by atoms with Crippen LogP contribution in [0.15, 0.2) is 46.1 Å². The van der Waals surface area contributed by atoms with Gasteiger partial charge in [0.1, 0.15) is 5.82 Å². The van der Waals surface area contributed by atoms with E-state index in [4.69, 9.17) is 0 Å². The number of rotatable bonds is 7. The summed E-state index contributed by atoms with van der Waals surface area (Å²) in [6.07, 6.45) is -0.173. The van der Waals surface area contributed by atoms with E-state index < -0.39 is 20.9 Å². The van der Waals surface area contributed by atoms with E-state index in [1.807, 2.05) is 0 Å². The molecule has 1 fully saturated rings. The second-order valence-corrected chi connectivity index (χ2v) is 10.5. The van der Waals surface area contributed by atoms with Crippen molar-refractivity contribution in [3.63, 3.8) is 0 Å². The zero-order valence-corrected chi connectivity index (χ0v) is 21.0. The Kier molecular flexibility index (Phi) is 7.09. The molecule has 1 N–H and O–H groups in total. The summed E-state index contributed by atoms with van der Waals surface area (Å²) in [7, 11) is -0.746. The molecule has 3 aromatic rings. The number of nitrogens with one attached hydrogen (secondary N) is 1. The lowest BCUT2D eigenvalue weighted by atomic mass is 10.2. The zero-order chi connectivity index (χ0) is 26.9. The summed E-state index contributed by atoms with van der Waals surface area (Å²) < 4.78 is 29.7. The molecule has 14 nitrogen and oxygen atoms in total. The molecule has 0 spiro atoms. The molecule has 2 aromatic heterocycles. The minimum Gasteiger partial charge on any atom is -0.340 e. The number of amides is 2. The average molecular weight is 532 g/mol. The third kappa shape index (κ3) is 5.22. The van der Waals surface area contributed by atoms with Gasteiger partial charge in [0.05, 0.1) is 15.3 Å². The van der Waals surface area contributed by atoms with Gasteiger partial charge < -0.3 is 10.2 Å². The number of pyridine rings is 1. The van der Waals surface area contributed by atoms with E-state index in [0.717, 1.165) is 6.07 Å². The summed E-state index contributed by atoms with van der Waals surface area (Å²) >= 11 is 0. The lowest BCUT2D eigenvalue weighted by Crippen LogP contribution is -2.50. The molecule has 0 aliphatic carbocycles.